The summed E-state index contributed by atoms with van der Waals surface area (Å²) in [6, 6.07) is 11.8. The van der Waals surface area contributed by atoms with Crippen LogP contribution in [0.2, 0.25) is 10.0 Å². The minimum atomic E-state index is -0.520. The van der Waals surface area contributed by atoms with Crippen molar-refractivity contribution in [1.29, 1.82) is 0 Å². The maximum atomic E-state index is 11.9. The first kappa shape index (κ1) is 19.1. The average Bonchev–Trinajstić information content (AvgIpc) is 2.61. The molecule has 2 rings (SSSR count). The second-order valence-corrected chi connectivity index (χ2v) is 5.96. The monoisotopic (exact) mass is 381 g/mol. The highest BCUT2D eigenvalue weighted by Crippen LogP contribution is 2.21. The van der Waals surface area contributed by atoms with Crippen LogP contribution in [0.1, 0.15) is 15.9 Å². The molecule has 2 aromatic rings. The second-order valence-electron chi connectivity index (χ2n) is 5.11. The summed E-state index contributed by atoms with van der Waals surface area (Å²) in [6.07, 6.45) is 0.570. The minimum Gasteiger partial charge on any atom is -0.483 e. The number of rotatable bonds is 7. The minimum absolute atomic E-state index is 0.206. The lowest BCUT2D eigenvalue weighted by Gasteiger charge is -2.11. The van der Waals surface area contributed by atoms with Crippen LogP contribution >= 0.6 is 23.2 Å². The van der Waals surface area contributed by atoms with Crippen LogP contribution in [0, 0.1) is 0 Å². The molecule has 0 saturated carbocycles. The highest BCUT2D eigenvalue weighted by Gasteiger charge is 2.13. The number of halogens is 2. The maximum absolute atomic E-state index is 11.9. The Balaban J connectivity index is 1.82. The molecule has 0 aromatic heterocycles. The third-order valence-corrected chi connectivity index (χ3v) is 3.97. The first-order chi connectivity index (χ1) is 12.0. The molecule has 1 N–H and O–H groups in total. The molecule has 0 aliphatic rings. The first-order valence-corrected chi connectivity index (χ1v) is 8.27. The van der Waals surface area contributed by atoms with Crippen molar-refractivity contribution in [2.75, 3.05) is 20.3 Å². The van der Waals surface area contributed by atoms with E-state index in [1.165, 1.54) is 7.11 Å². The van der Waals surface area contributed by atoms with E-state index in [1.807, 2.05) is 6.07 Å². The molecule has 25 heavy (non-hydrogen) atoms. The Hall–Kier alpha value is -2.24. The largest absolute Gasteiger partial charge is 0.483 e. The summed E-state index contributed by atoms with van der Waals surface area (Å²) in [5, 5.41) is 3.86. The molecule has 7 heteroatoms. The number of amides is 1. The van der Waals surface area contributed by atoms with E-state index in [-0.39, 0.29) is 18.1 Å². The van der Waals surface area contributed by atoms with Gasteiger partial charge in [0.25, 0.3) is 5.91 Å². The van der Waals surface area contributed by atoms with Gasteiger partial charge in [0.2, 0.25) is 0 Å². The topological polar surface area (TPSA) is 64.6 Å². The van der Waals surface area contributed by atoms with Crippen molar-refractivity contribution in [2.45, 2.75) is 6.42 Å². The van der Waals surface area contributed by atoms with Gasteiger partial charge in [-0.25, -0.2) is 4.79 Å². The fourth-order valence-electron chi connectivity index (χ4n) is 2.13. The molecule has 0 bridgehead atoms. The average molecular weight is 382 g/mol. The highest BCUT2D eigenvalue weighted by atomic mass is 35.5. The number of hydrogen-bond acceptors (Lipinski definition) is 4. The van der Waals surface area contributed by atoms with Crippen molar-refractivity contribution < 1.29 is 19.1 Å². The van der Waals surface area contributed by atoms with Gasteiger partial charge in [-0.2, -0.15) is 0 Å². The Morgan fingerprint density at radius 1 is 1.12 bits per heavy atom. The molecule has 0 saturated heterocycles. The predicted octanol–water partition coefficient (Wildman–Crippen LogP) is 3.52. The molecule has 0 aliphatic heterocycles. The summed E-state index contributed by atoms with van der Waals surface area (Å²) >= 11 is 11.9. The summed E-state index contributed by atoms with van der Waals surface area (Å²) < 4.78 is 10.1. The van der Waals surface area contributed by atoms with Crippen LogP contribution in [0.3, 0.4) is 0 Å². The molecule has 0 unspecified atom stereocenters. The molecule has 5 nitrogen and oxygen atoms in total. The van der Waals surface area contributed by atoms with E-state index in [2.05, 4.69) is 10.1 Å². The van der Waals surface area contributed by atoms with Crippen molar-refractivity contribution in [3.05, 3.63) is 63.6 Å². The third-order valence-electron chi connectivity index (χ3n) is 3.38. The fraction of sp³-hybridized carbons (Fsp3) is 0.222. The number of hydrogen-bond donors (Lipinski definition) is 1. The lowest BCUT2D eigenvalue weighted by Crippen LogP contribution is -2.30. The quantitative estimate of drug-likeness (QED) is 0.745. The Labute approximate surface area is 155 Å². The van der Waals surface area contributed by atoms with Gasteiger partial charge in [0, 0.05) is 16.6 Å². The summed E-state index contributed by atoms with van der Waals surface area (Å²) in [6.45, 7) is 0.199. The first-order valence-electron chi connectivity index (χ1n) is 7.52. The Morgan fingerprint density at radius 2 is 1.88 bits per heavy atom. The number of para-hydroxylation sites is 1. The van der Waals surface area contributed by atoms with E-state index in [9.17, 15) is 9.59 Å². The van der Waals surface area contributed by atoms with Gasteiger partial charge < -0.3 is 14.8 Å². The smallest absolute Gasteiger partial charge is 0.341 e. The summed E-state index contributed by atoms with van der Waals surface area (Å²) in [4.78, 5) is 23.5. The van der Waals surface area contributed by atoms with Crippen LogP contribution in [0.5, 0.6) is 5.75 Å². The molecule has 0 spiro atoms. The Kier molecular flexibility index (Phi) is 7.10. The summed E-state index contributed by atoms with van der Waals surface area (Å²) in [7, 11) is 1.29. The lowest BCUT2D eigenvalue weighted by atomic mass is 10.1. The van der Waals surface area contributed by atoms with Crippen LogP contribution < -0.4 is 10.1 Å². The standard InChI is InChI=1S/C18H17Cl2NO4/c1-24-18(23)14-4-2-3-5-16(14)25-11-17(22)21-9-8-12-6-7-13(19)10-15(12)20/h2-7,10H,8-9,11H2,1H3,(H,21,22). The molecule has 2 aromatic carbocycles. The SMILES string of the molecule is COC(=O)c1ccccc1OCC(=O)NCCc1ccc(Cl)cc1Cl. The van der Waals surface area contributed by atoms with Crippen LogP contribution in [-0.2, 0) is 16.0 Å². The van der Waals surface area contributed by atoms with Gasteiger partial charge in [0.1, 0.15) is 11.3 Å². The van der Waals surface area contributed by atoms with Gasteiger partial charge in [-0.1, -0.05) is 41.4 Å². The van der Waals surface area contributed by atoms with Gasteiger partial charge in [-0.15, -0.1) is 0 Å². The summed E-state index contributed by atoms with van der Waals surface area (Å²) in [5.41, 5.74) is 1.16. The van der Waals surface area contributed by atoms with Crippen molar-refractivity contribution in [1.82, 2.24) is 5.32 Å². The lowest BCUT2D eigenvalue weighted by molar-refractivity contribution is -0.123. The Morgan fingerprint density at radius 3 is 2.60 bits per heavy atom. The molecule has 0 aliphatic carbocycles. The molecule has 132 valence electrons. The van der Waals surface area contributed by atoms with Gasteiger partial charge in [0.15, 0.2) is 6.61 Å². The van der Waals surface area contributed by atoms with E-state index in [0.29, 0.717) is 28.8 Å². The number of nitrogens with one attached hydrogen (secondary N) is 1. The van der Waals surface area contributed by atoms with E-state index < -0.39 is 5.97 Å². The molecule has 0 radical (unpaired) electrons. The van der Waals surface area contributed by atoms with E-state index >= 15 is 0 Å². The molecule has 0 atom stereocenters. The predicted molar refractivity (Wildman–Crippen MR) is 96.5 cm³/mol. The Bertz CT molecular complexity index is 764. The van der Waals surface area contributed by atoms with E-state index in [0.717, 1.165) is 5.56 Å². The molecular formula is C18H17Cl2NO4. The number of carbonyl (C=O) groups is 2. The van der Waals surface area contributed by atoms with Gasteiger partial charge in [0.05, 0.1) is 7.11 Å². The van der Waals surface area contributed by atoms with Crippen LogP contribution in [-0.4, -0.2) is 32.1 Å². The molecule has 0 heterocycles. The molecule has 1 amide bonds. The van der Waals surface area contributed by atoms with Crippen molar-refractivity contribution in [3.63, 3.8) is 0 Å². The zero-order valence-electron chi connectivity index (χ0n) is 13.6. The number of esters is 1. The van der Waals surface area contributed by atoms with Crippen LogP contribution in [0.15, 0.2) is 42.5 Å². The second kappa shape index (κ2) is 9.30. The van der Waals surface area contributed by atoms with Gasteiger partial charge in [-0.05, 0) is 36.2 Å². The molecular weight excluding hydrogens is 365 g/mol. The highest BCUT2D eigenvalue weighted by molar-refractivity contribution is 6.35. The maximum Gasteiger partial charge on any atom is 0.341 e. The van der Waals surface area contributed by atoms with Crippen LogP contribution in [0.25, 0.3) is 0 Å². The molecule has 0 fully saturated rings. The zero-order chi connectivity index (χ0) is 18.2. The number of methoxy groups -OCH3 is 1. The number of ether oxygens (including phenoxy) is 2. The number of benzene rings is 2. The van der Waals surface area contributed by atoms with E-state index in [1.54, 1.807) is 36.4 Å². The normalized spacial score (nSPS) is 10.2. The van der Waals surface area contributed by atoms with Gasteiger partial charge in [-0.3, -0.25) is 4.79 Å². The van der Waals surface area contributed by atoms with Gasteiger partial charge >= 0.3 is 5.97 Å². The zero-order valence-corrected chi connectivity index (χ0v) is 15.1. The van der Waals surface area contributed by atoms with Crippen molar-refractivity contribution in [3.8, 4) is 5.75 Å². The number of carbonyl (C=O) groups excluding carboxylic acids is 2. The third kappa shape index (κ3) is 5.66. The van der Waals surface area contributed by atoms with Crippen molar-refractivity contribution >= 4 is 35.1 Å². The van der Waals surface area contributed by atoms with E-state index in [4.69, 9.17) is 27.9 Å². The van der Waals surface area contributed by atoms with Crippen LogP contribution in [0.4, 0.5) is 0 Å². The summed E-state index contributed by atoms with van der Waals surface area (Å²) in [5.74, 6) is -0.525. The van der Waals surface area contributed by atoms with Crippen molar-refractivity contribution in [2.24, 2.45) is 0 Å². The fourth-order valence-corrected chi connectivity index (χ4v) is 2.63.